The molecule has 0 amide bonds. The Hall–Kier alpha value is -2.29. The fourth-order valence-corrected chi connectivity index (χ4v) is 4.27. The third-order valence-corrected chi connectivity index (χ3v) is 6.12. The number of rotatable bonds is 6. The van der Waals surface area contributed by atoms with Crippen molar-refractivity contribution in [3.63, 3.8) is 0 Å². The van der Waals surface area contributed by atoms with Crippen LogP contribution in [-0.2, 0) is 20.6 Å². The highest BCUT2D eigenvalue weighted by Gasteiger charge is 2.17. The van der Waals surface area contributed by atoms with E-state index in [0.717, 1.165) is 55.2 Å². The molecule has 0 radical (unpaired) electrons. The second-order valence-electron chi connectivity index (χ2n) is 7.83. The van der Waals surface area contributed by atoms with Gasteiger partial charge in [-0.05, 0) is 37.6 Å². The number of imidazole rings is 1. The molecule has 0 saturated carbocycles. The molecule has 1 aliphatic rings. The maximum absolute atomic E-state index is 12.5. The van der Waals surface area contributed by atoms with E-state index in [2.05, 4.69) is 20.9 Å². The van der Waals surface area contributed by atoms with Crippen LogP contribution in [0.1, 0.15) is 12.8 Å². The monoisotopic (exact) mass is 466 g/mol. The number of halogens is 2. The summed E-state index contributed by atoms with van der Waals surface area (Å²) < 4.78 is 4.43. The summed E-state index contributed by atoms with van der Waals surface area (Å²) in [5.74, 6) is 0. The molecule has 1 aliphatic heterocycles. The smallest absolute Gasteiger partial charge is 0.332 e. The standard InChI is InChI=1S/C21H27ClN6O2.ClH/c1-24-19-18(20(29)25(2)21(24)30)28(15-23-19)9-4-3-8-26-10-12-27(13-11-26)17-7-5-6-16(22)14-17;/h5-7,14-15H,3-4,8-13H2,1-2H3;1H. The number of aryl methyl sites for hydroxylation is 2. The summed E-state index contributed by atoms with van der Waals surface area (Å²) in [5.41, 5.74) is 1.48. The van der Waals surface area contributed by atoms with Gasteiger partial charge in [0.2, 0.25) is 0 Å². The van der Waals surface area contributed by atoms with Crippen LogP contribution in [0.3, 0.4) is 0 Å². The molecular weight excluding hydrogens is 439 g/mol. The Morgan fingerprint density at radius 3 is 2.42 bits per heavy atom. The minimum Gasteiger partial charge on any atom is -0.369 e. The van der Waals surface area contributed by atoms with Crippen molar-refractivity contribution >= 4 is 40.9 Å². The highest BCUT2D eigenvalue weighted by Crippen LogP contribution is 2.20. The first kappa shape index (κ1) is 23.4. The van der Waals surface area contributed by atoms with Crippen LogP contribution in [0.4, 0.5) is 5.69 Å². The maximum Gasteiger partial charge on any atom is 0.332 e. The first-order valence-corrected chi connectivity index (χ1v) is 10.7. The van der Waals surface area contributed by atoms with Crippen LogP contribution in [0.5, 0.6) is 0 Å². The molecule has 4 rings (SSSR count). The van der Waals surface area contributed by atoms with Gasteiger partial charge in [-0.1, -0.05) is 17.7 Å². The third-order valence-electron chi connectivity index (χ3n) is 5.89. The molecule has 0 spiro atoms. The van der Waals surface area contributed by atoms with E-state index in [9.17, 15) is 9.59 Å². The van der Waals surface area contributed by atoms with Crippen LogP contribution in [0.2, 0.25) is 5.02 Å². The number of piperazine rings is 1. The first-order chi connectivity index (χ1) is 14.5. The molecule has 1 fully saturated rings. The molecule has 3 aromatic rings. The van der Waals surface area contributed by atoms with Gasteiger partial charge in [-0.3, -0.25) is 18.8 Å². The molecular formula is C21H28Cl2N6O2. The highest BCUT2D eigenvalue weighted by molar-refractivity contribution is 6.30. The van der Waals surface area contributed by atoms with E-state index < -0.39 is 0 Å². The molecule has 10 heteroatoms. The second kappa shape index (κ2) is 9.89. The zero-order valence-electron chi connectivity index (χ0n) is 17.8. The van der Waals surface area contributed by atoms with E-state index in [1.54, 1.807) is 13.4 Å². The van der Waals surface area contributed by atoms with Crippen molar-refractivity contribution in [3.8, 4) is 0 Å². The Morgan fingerprint density at radius 1 is 1.00 bits per heavy atom. The van der Waals surface area contributed by atoms with Crippen molar-refractivity contribution in [2.24, 2.45) is 14.1 Å². The van der Waals surface area contributed by atoms with Gasteiger partial charge in [0, 0.05) is 57.5 Å². The summed E-state index contributed by atoms with van der Waals surface area (Å²) in [4.78, 5) is 33.7. The predicted octanol–water partition coefficient (Wildman–Crippen LogP) is 2.11. The van der Waals surface area contributed by atoms with Gasteiger partial charge < -0.3 is 9.47 Å². The lowest BCUT2D eigenvalue weighted by Crippen LogP contribution is -2.46. The van der Waals surface area contributed by atoms with E-state index >= 15 is 0 Å². The summed E-state index contributed by atoms with van der Waals surface area (Å²) in [6.07, 6.45) is 3.66. The summed E-state index contributed by atoms with van der Waals surface area (Å²) in [5, 5.41) is 0.775. The second-order valence-corrected chi connectivity index (χ2v) is 8.27. The quantitative estimate of drug-likeness (QED) is 0.520. The molecule has 8 nitrogen and oxygen atoms in total. The topological polar surface area (TPSA) is 68.3 Å². The molecule has 0 bridgehead atoms. The number of benzene rings is 1. The summed E-state index contributed by atoms with van der Waals surface area (Å²) in [6, 6.07) is 8.03. The Labute approximate surface area is 192 Å². The molecule has 168 valence electrons. The zero-order chi connectivity index (χ0) is 21.3. The molecule has 0 atom stereocenters. The zero-order valence-corrected chi connectivity index (χ0v) is 19.4. The van der Waals surface area contributed by atoms with Gasteiger partial charge in [0.25, 0.3) is 5.56 Å². The van der Waals surface area contributed by atoms with Crippen molar-refractivity contribution in [1.82, 2.24) is 23.6 Å². The minimum atomic E-state index is -0.352. The van der Waals surface area contributed by atoms with Gasteiger partial charge in [0.1, 0.15) is 0 Å². The normalized spacial score (nSPS) is 14.7. The lowest BCUT2D eigenvalue weighted by Gasteiger charge is -2.36. The lowest BCUT2D eigenvalue weighted by molar-refractivity contribution is 0.251. The SMILES string of the molecule is Cl.Cn1c(=O)c2c(ncn2CCCCN2CCN(c3cccc(Cl)c3)CC2)n(C)c1=O. The average Bonchev–Trinajstić information content (AvgIpc) is 3.18. The van der Waals surface area contributed by atoms with E-state index in [1.807, 2.05) is 22.8 Å². The number of anilines is 1. The van der Waals surface area contributed by atoms with Crippen LogP contribution in [0, 0.1) is 0 Å². The number of aromatic nitrogens is 4. The minimum absolute atomic E-state index is 0. The fourth-order valence-electron chi connectivity index (χ4n) is 4.09. The summed E-state index contributed by atoms with van der Waals surface area (Å²) in [7, 11) is 3.15. The Morgan fingerprint density at radius 2 is 1.71 bits per heavy atom. The summed E-state index contributed by atoms with van der Waals surface area (Å²) in [6.45, 7) is 5.80. The van der Waals surface area contributed by atoms with Crippen molar-refractivity contribution in [2.75, 3.05) is 37.6 Å². The molecule has 1 saturated heterocycles. The van der Waals surface area contributed by atoms with Crippen LogP contribution in [0.15, 0.2) is 40.2 Å². The Kier molecular flexibility index (Phi) is 7.46. The number of hydrogen-bond donors (Lipinski definition) is 0. The van der Waals surface area contributed by atoms with Gasteiger partial charge >= 0.3 is 5.69 Å². The van der Waals surface area contributed by atoms with Crippen LogP contribution < -0.4 is 16.1 Å². The molecule has 31 heavy (non-hydrogen) atoms. The Bertz CT molecular complexity index is 1160. The van der Waals surface area contributed by atoms with Gasteiger partial charge in [0.05, 0.1) is 6.33 Å². The Balaban J connectivity index is 0.00000272. The third kappa shape index (κ3) is 4.81. The van der Waals surface area contributed by atoms with Crippen molar-refractivity contribution in [2.45, 2.75) is 19.4 Å². The molecule has 0 N–H and O–H groups in total. The van der Waals surface area contributed by atoms with Gasteiger partial charge in [-0.2, -0.15) is 0 Å². The van der Waals surface area contributed by atoms with E-state index in [4.69, 9.17) is 11.6 Å². The average molecular weight is 467 g/mol. The first-order valence-electron chi connectivity index (χ1n) is 10.3. The molecule has 3 heterocycles. The van der Waals surface area contributed by atoms with E-state index in [1.165, 1.54) is 17.3 Å². The van der Waals surface area contributed by atoms with Crippen molar-refractivity contribution in [3.05, 3.63) is 56.5 Å². The van der Waals surface area contributed by atoms with E-state index in [0.29, 0.717) is 17.7 Å². The van der Waals surface area contributed by atoms with Crippen LogP contribution in [-0.4, -0.2) is 56.3 Å². The molecule has 2 aromatic heterocycles. The van der Waals surface area contributed by atoms with Gasteiger partial charge in [0.15, 0.2) is 11.2 Å². The fraction of sp³-hybridized carbons (Fsp3) is 0.476. The van der Waals surface area contributed by atoms with E-state index in [-0.39, 0.29) is 23.7 Å². The molecule has 0 aliphatic carbocycles. The summed E-state index contributed by atoms with van der Waals surface area (Å²) >= 11 is 6.11. The number of hydrogen-bond acceptors (Lipinski definition) is 5. The maximum atomic E-state index is 12.5. The van der Waals surface area contributed by atoms with Gasteiger partial charge in [-0.25, -0.2) is 9.78 Å². The largest absolute Gasteiger partial charge is 0.369 e. The molecule has 0 unspecified atom stereocenters. The van der Waals surface area contributed by atoms with Gasteiger partial charge in [-0.15, -0.1) is 12.4 Å². The van der Waals surface area contributed by atoms with Crippen LogP contribution >= 0.6 is 24.0 Å². The number of fused-ring (bicyclic) bond motifs is 1. The number of unbranched alkanes of at least 4 members (excludes halogenated alkanes) is 1. The van der Waals surface area contributed by atoms with Crippen LogP contribution in [0.25, 0.3) is 11.2 Å². The predicted molar refractivity (Wildman–Crippen MR) is 127 cm³/mol. The van der Waals surface area contributed by atoms with Crippen molar-refractivity contribution in [1.29, 1.82) is 0 Å². The lowest BCUT2D eigenvalue weighted by atomic mass is 10.2. The highest BCUT2D eigenvalue weighted by atomic mass is 35.5. The molecule has 1 aromatic carbocycles. The van der Waals surface area contributed by atoms with Crippen molar-refractivity contribution < 1.29 is 0 Å². The number of nitrogens with zero attached hydrogens (tertiary/aromatic N) is 6.